The molecule has 7 heteroatoms. The Bertz CT molecular complexity index is 1380. The third-order valence-corrected chi connectivity index (χ3v) is 6.80. The minimum atomic E-state index is -0.582. The van der Waals surface area contributed by atoms with Gasteiger partial charge in [0.2, 0.25) is 0 Å². The van der Waals surface area contributed by atoms with Crippen LogP contribution in [0.15, 0.2) is 89.9 Å². The zero-order valence-corrected chi connectivity index (χ0v) is 20.2. The molecule has 2 aromatic carbocycles. The summed E-state index contributed by atoms with van der Waals surface area (Å²) in [6, 6.07) is 23.0. The quantitative estimate of drug-likeness (QED) is 0.441. The molecule has 0 amide bonds. The number of rotatable bonds is 6. The van der Waals surface area contributed by atoms with E-state index in [0.29, 0.717) is 44.0 Å². The Hall–Kier alpha value is -3.97. The molecule has 4 aromatic rings. The molecule has 1 atom stereocenters. The predicted molar refractivity (Wildman–Crippen MR) is 139 cm³/mol. The fourth-order valence-electron chi connectivity index (χ4n) is 4.97. The van der Waals surface area contributed by atoms with Crippen LogP contribution in [0.25, 0.3) is 0 Å². The van der Waals surface area contributed by atoms with Crippen LogP contribution in [-0.4, -0.2) is 45.7 Å². The molecule has 2 aromatic heterocycles. The zero-order chi connectivity index (χ0) is 25.1. The van der Waals surface area contributed by atoms with Gasteiger partial charge in [-0.3, -0.25) is 9.69 Å². The monoisotopic (exact) mass is 484 g/mol. The minimum absolute atomic E-state index is 0.0665. The number of nitrogens with zero attached hydrogens (tertiary/aromatic N) is 4. The van der Waals surface area contributed by atoms with Gasteiger partial charge in [-0.25, -0.2) is 9.37 Å². The van der Waals surface area contributed by atoms with Crippen molar-refractivity contribution < 1.29 is 9.50 Å². The van der Waals surface area contributed by atoms with Crippen LogP contribution in [0.3, 0.4) is 0 Å². The summed E-state index contributed by atoms with van der Waals surface area (Å²) in [6.45, 7) is 4.87. The zero-order valence-electron chi connectivity index (χ0n) is 20.2. The minimum Gasteiger partial charge on any atom is -0.507 e. The van der Waals surface area contributed by atoms with Crippen LogP contribution < -0.4 is 10.5 Å². The van der Waals surface area contributed by atoms with Crippen molar-refractivity contribution in [1.29, 1.82) is 0 Å². The summed E-state index contributed by atoms with van der Waals surface area (Å²) < 4.78 is 16.0. The van der Waals surface area contributed by atoms with Crippen LogP contribution in [0.5, 0.6) is 5.75 Å². The average Bonchev–Trinajstić information content (AvgIpc) is 2.90. The number of hydrogen-bond acceptors (Lipinski definition) is 5. The molecule has 1 fully saturated rings. The van der Waals surface area contributed by atoms with Gasteiger partial charge in [0.25, 0.3) is 5.56 Å². The lowest BCUT2D eigenvalue weighted by Crippen LogP contribution is -2.49. The van der Waals surface area contributed by atoms with Gasteiger partial charge in [-0.15, -0.1) is 0 Å². The van der Waals surface area contributed by atoms with Gasteiger partial charge in [0.05, 0.1) is 18.2 Å². The summed E-state index contributed by atoms with van der Waals surface area (Å²) in [5, 5.41) is 11.1. The van der Waals surface area contributed by atoms with Gasteiger partial charge in [0.1, 0.15) is 17.4 Å². The first kappa shape index (κ1) is 23.8. The number of aromatic nitrogens is 2. The normalized spacial score (nSPS) is 15.1. The van der Waals surface area contributed by atoms with Crippen molar-refractivity contribution in [3.05, 3.63) is 124 Å². The van der Waals surface area contributed by atoms with E-state index in [1.54, 1.807) is 22.9 Å². The lowest BCUT2D eigenvalue weighted by molar-refractivity contribution is 0.207. The van der Waals surface area contributed by atoms with Crippen molar-refractivity contribution in [1.82, 2.24) is 14.5 Å². The van der Waals surface area contributed by atoms with Crippen LogP contribution in [-0.2, 0) is 6.54 Å². The standard InChI is InChI=1S/C29H29FN4O2/c1-21-18-25(35)27(29(36)34(21)20-22-8-3-2-4-9-22)28(23-10-7-11-24(30)19-23)33-16-14-32(15-17-33)26-12-5-6-13-31-26/h2-13,18-19,28,35H,14-17,20H2,1H3. The van der Waals surface area contributed by atoms with Gasteiger partial charge < -0.3 is 14.6 Å². The molecule has 0 spiro atoms. The number of aromatic hydroxyl groups is 1. The van der Waals surface area contributed by atoms with Crippen molar-refractivity contribution in [2.75, 3.05) is 31.1 Å². The summed E-state index contributed by atoms with van der Waals surface area (Å²) in [4.78, 5) is 22.7. The highest BCUT2D eigenvalue weighted by atomic mass is 19.1. The van der Waals surface area contributed by atoms with Crippen molar-refractivity contribution in [2.45, 2.75) is 19.5 Å². The number of aryl methyl sites for hydroxylation is 1. The van der Waals surface area contributed by atoms with E-state index >= 15 is 0 Å². The fourth-order valence-corrected chi connectivity index (χ4v) is 4.97. The predicted octanol–water partition coefficient (Wildman–Crippen LogP) is 4.36. The number of hydrogen-bond donors (Lipinski definition) is 1. The summed E-state index contributed by atoms with van der Waals surface area (Å²) in [7, 11) is 0. The molecule has 6 nitrogen and oxygen atoms in total. The molecule has 1 aliphatic rings. The first-order valence-electron chi connectivity index (χ1n) is 12.1. The molecule has 1 N–H and O–H groups in total. The second-order valence-corrected chi connectivity index (χ2v) is 9.13. The lowest BCUT2D eigenvalue weighted by atomic mass is 9.95. The maximum absolute atomic E-state index is 14.3. The highest BCUT2D eigenvalue weighted by Gasteiger charge is 2.32. The Morgan fingerprint density at radius 2 is 1.69 bits per heavy atom. The van der Waals surface area contributed by atoms with E-state index in [1.807, 2.05) is 61.5 Å². The largest absolute Gasteiger partial charge is 0.507 e. The van der Waals surface area contributed by atoms with Crippen LogP contribution in [0.2, 0.25) is 0 Å². The van der Waals surface area contributed by atoms with Gasteiger partial charge in [0.15, 0.2) is 0 Å². The summed E-state index contributed by atoms with van der Waals surface area (Å²) in [5.74, 6) is 0.465. The first-order valence-corrected chi connectivity index (χ1v) is 12.1. The van der Waals surface area contributed by atoms with Crippen molar-refractivity contribution in [3.63, 3.8) is 0 Å². The Kier molecular flexibility index (Phi) is 6.82. The Morgan fingerprint density at radius 1 is 0.944 bits per heavy atom. The van der Waals surface area contributed by atoms with Crippen molar-refractivity contribution in [2.24, 2.45) is 0 Å². The van der Waals surface area contributed by atoms with E-state index in [4.69, 9.17) is 0 Å². The second kappa shape index (κ2) is 10.3. The molecular formula is C29H29FN4O2. The average molecular weight is 485 g/mol. The van der Waals surface area contributed by atoms with Crippen LogP contribution >= 0.6 is 0 Å². The third kappa shape index (κ3) is 4.88. The second-order valence-electron chi connectivity index (χ2n) is 9.13. The smallest absolute Gasteiger partial charge is 0.259 e. The number of piperazine rings is 1. The molecule has 1 saturated heterocycles. The van der Waals surface area contributed by atoms with E-state index in [9.17, 15) is 14.3 Å². The Balaban J connectivity index is 1.54. The molecule has 0 radical (unpaired) electrons. The number of anilines is 1. The number of benzene rings is 2. The Morgan fingerprint density at radius 3 is 2.39 bits per heavy atom. The van der Waals surface area contributed by atoms with Gasteiger partial charge in [-0.1, -0.05) is 48.5 Å². The van der Waals surface area contributed by atoms with E-state index in [0.717, 1.165) is 11.4 Å². The third-order valence-electron chi connectivity index (χ3n) is 6.80. The topological polar surface area (TPSA) is 61.6 Å². The van der Waals surface area contributed by atoms with Gasteiger partial charge in [-0.05, 0) is 48.4 Å². The van der Waals surface area contributed by atoms with E-state index in [1.165, 1.54) is 12.1 Å². The number of halogens is 1. The highest BCUT2D eigenvalue weighted by molar-refractivity contribution is 5.43. The van der Waals surface area contributed by atoms with Crippen molar-refractivity contribution >= 4 is 5.82 Å². The summed E-state index contributed by atoms with van der Waals surface area (Å²) >= 11 is 0. The van der Waals surface area contributed by atoms with Crippen LogP contribution in [0.4, 0.5) is 10.2 Å². The summed E-state index contributed by atoms with van der Waals surface area (Å²) in [6.07, 6.45) is 1.77. The summed E-state index contributed by atoms with van der Waals surface area (Å²) in [5.41, 5.74) is 2.31. The molecular weight excluding hydrogens is 455 g/mol. The molecule has 1 unspecified atom stereocenters. The molecule has 0 saturated carbocycles. The maximum atomic E-state index is 14.3. The maximum Gasteiger partial charge on any atom is 0.259 e. The molecule has 0 aliphatic carbocycles. The van der Waals surface area contributed by atoms with E-state index in [2.05, 4.69) is 14.8 Å². The van der Waals surface area contributed by atoms with Crippen molar-refractivity contribution in [3.8, 4) is 5.75 Å². The number of pyridine rings is 2. The van der Waals surface area contributed by atoms with E-state index in [-0.39, 0.29) is 22.7 Å². The SMILES string of the molecule is Cc1cc(O)c(C(c2cccc(F)c2)N2CCN(c3ccccn3)CC2)c(=O)n1Cc1ccccc1. The van der Waals surface area contributed by atoms with E-state index < -0.39 is 6.04 Å². The van der Waals surface area contributed by atoms with Crippen LogP contribution in [0, 0.1) is 12.7 Å². The highest BCUT2D eigenvalue weighted by Crippen LogP contribution is 2.34. The fraction of sp³-hybridized carbons (Fsp3) is 0.241. The molecule has 184 valence electrons. The molecule has 3 heterocycles. The molecule has 5 rings (SSSR count). The molecule has 0 bridgehead atoms. The van der Waals surface area contributed by atoms with Gasteiger partial charge in [-0.2, -0.15) is 0 Å². The molecule has 36 heavy (non-hydrogen) atoms. The first-order chi connectivity index (χ1) is 17.5. The Labute approximate surface area is 209 Å². The van der Waals surface area contributed by atoms with Gasteiger partial charge in [0, 0.05) is 38.1 Å². The van der Waals surface area contributed by atoms with Gasteiger partial charge >= 0.3 is 0 Å². The molecule has 1 aliphatic heterocycles. The lowest BCUT2D eigenvalue weighted by Gasteiger charge is -2.40. The van der Waals surface area contributed by atoms with Crippen LogP contribution in [0.1, 0.15) is 28.4 Å².